The van der Waals surface area contributed by atoms with Crippen molar-refractivity contribution in [1.29, 1.82) is 0 Å². The van der Waals surface area contributed by atoms with Gasteiger partial charge in [0.25, 0.3) is 0 Å². The molecule has 1 atom stereocenters. The van der Waals surface area contributed by atoms with Gasteiger partial charge < -0.3 is 14.4 Å². The van der Waals surface area contributed by atoms with Crippen molar-refractivity contribution in [1.82, 2.24) is 14.8 Å². The lowest BCUT2D eigenvalue weighted by Gasteiger charge is -2.48. The van der Waals surface area contributed by atoms with Crippen LogP contribution in [0.25, 0.3) is 42.8 Å². The quantitative estimate of drug-likeness (QED) is 0.163. The van der Waals surface area contributed by atoms with Crippen LogP contribution >= 0.6 is 22.9 Å². The highest BCUT2D eigenvalue weighted by Crippen LogP contribution is 2.49. The third-order valence-corrected chi connectivity index (χ3v) is 10.8. The van der Waals surface area contributed by atoms with E-state index >= 15 is 0 Å². The fraction of sp³-hybridized carbons (Fsp3) is 0.432. The molecule has 3 heterocycles. The van der Waals surface area contributed by atoms with E-state index in [0.717, 1.165) is 72.9 Å². The van der Waals surface area contributed by atoms with Gasteiger partial charge in [0.15, 0.2) is 11.9 Å². The van der Waals surface area contributed by atoms with E-state index in [0.29, 0.717) is 10.4 Å². The molecule has 46 heavy (non-hydrogen) atoms. The van der Waals surface area contributed by atoms with Crippen LogP contribution in [-0.4, -0.2) is 46.0 Å². The van der Waals surface area contributed by atoms with Crippen LogP contribution in [0, 0.1) is 12.3 Å². The summed E-state index contributed by atoms with van der Waals surface area (Å²) >= 11 is 7.96. The Balaban J connectivity index is 1.37. The van der Waals surface area contributed by atoms with Gasteiger partial charge in [-0.25, -0.2) is 9.78 Å². The van der Waals surface area contributed by atoms with Gasteiger partial charge in [0, 0.05) is 52.7 Å². The van der Waals surface area contributed by atoms with Crippen LogP contribution in [0.3, 0.4) is 0 Å². The second kappa shape index (κ2) is 11.7. The van der Waals surface area contributed by atoms with E-state index in [2.05, 4.69) is 29.2 Å². The molecule has 5 aromatic rings. The highest BCUT2D eigenvalue weighted by atomic mass is 35.5. The molecule has 3 aromatic carbocycles. The number of rotatable bonds is 7. The van der Waals surface area contributed by atoms with Gasteiger partial charge in [-0.2, -0.15) is 5.10 Å². The first-order valence-corrected chi connectivity index (χ1v) is 17.4. The predicted octanol–water partition coefficient (Wildman–Crippen LogP) is 9.28. The smallest absolute Gasteiger partial charge is 0.339 e. The van der Waals surface area contributed by atoms with E-state index in [1.165, 1.54) is 25.7 Å². The summed E-state index contributed by atoms with van der Waals surface area (Å²) < 4.78 is 15.0. The minimum atomic E-state index is -0.908. The standard InChI is InChI=1S/C37H41ClN4O3S/c1-7-44-35(43)31(45-36(3,4)5)29-22(2)18-27-32(30(29)23-10-13-25(38)14-11-23)46-34(39-27)24-12-15-28-26(19-24)33(40-41(28)6)42-20-37(21-42)16-8-9-17-37/h10-15,18-19,31H,7-9,16-17,20-21H2,1-6H3/t31-/m0/s1. The van der Waals surface area contributed by atoms with Crippen molar-refractivity contribution >= 4 is 55.8 Å². The number of anilines is 1. The van der Waals surface area contributed by atoms with Gasteiger partial charge in [0.05, 0.1) is 27.9 Å². The summed E-state index contributed by atoms with van der Waals surface area (Å²) in [6.07, 6.45) is 4.46. The summed E-state index contributed by atoms with van der Waals surface area (Å²) in [5.41, 5.74) is 6.52. The van der Waals surface area contributed by atoms with Gasteiger partial charge >= 0.3 is 5.97 Å². The molecule has 9 heteroatoms. The third kappa shape index (κ3) is 5.58. The fourth-order valence-corrected chi connectivity index (χ4v) is 8.59. The number of aromatic nitrogens is 3. The summed E-state index contributed by atoms with van der Waals surface area (Å²) in [6, 6.07) is 16.4. The lowest BCUT2D eigenvalue weighted by Crippen LogP contribution is -2.55. The molecule has 1 aliphatic carbocycles. The number of hydrogen-bond acceptors (Lipinski definition) is 7. The van der Waals surface area contributed by atoms with Crippen LogP contribution in [0.5, 0.6) is 0 Å². The summed E-state index contributed by atoms with van der Waals surface area (Å²) in [5.74, 6) is 0.661. The Hall–Kier alpha value is -3.46. The zero-order valence-electron chi connectivity index (χ0n) is 27.4. The molecule has 2 fully saturated rings. The minimum Gasteiger partial charge on any atom is -0.464 e. The molecular formula is C37H41ClN4O3S. The van der Waals surface area contributed by atoms with Gasteiger partial charge in [-0.3, -0.25) is 4.68 Å². The topological polar surface area (TPSA) is 69.5 Å². The Morgan fingerprint density at radius 1 is 1.07 bits per heavy atom. The third-order valence-electron chi connectivity index (χ3n) is 9.39. The number of carbonyl (C=O) groups is 1. The van der Waals surface area contributed by atoms with Crippen molar-refractivity contribution in [2.75, 3.05) is 24.6 Å². The number of thiazole rings is 1. The number of fused-ring (bicyclic) bond motifs is 2. The summed E-state index contributed by atoms with van der Waals surface area (Å²) in [5, 5.41) is 7.68. The van der Waals surface area contributed by atoms with Crippen LogP contribution in [0.1, 0.15) is 70.6 Å². The number of ether oxygens (including phenoxy) is 2. The molecule has 1 aliphatic heterocycles. The summed E-state index contributed by atoms with van der Waals surface area (Å²) in [4.78, 5) is 21.1. The molecule has 0 bridgehead atoms. The number of carbonyl (C=O) groups excluding carboxylic acids is 1. The maximum Gasteiger partial charge on any atom is 0.339 e. The molecule has 7 nitrogen and oxygen atoms in total. The zero-order chi connectivity index (χ0) is 32.4. The molecule has 0 unspecified atom stereocenters. The second-order valence-electron chi connectivity index (χ2n) is 14.0. The van der Waals surface area contributed by atoms with Gasteiger partial charge in [-0.05, 0) is 95.0 Å². The van der Waals surface area contributed by atoms with Crippen LogP contribution in [0.15, 0.2) is 48.5 Å². The normalized spacial score (nSPS) is 16.8. The van der Waals surface area contributed by atoms with E-state index in [-0.39, 0.29) is 6.61 Å². The first-order valence-electron chi connectivity index (χ1n) is 16.2. The molecule has 0 radical (unpaired) electrons. The van der Waals surface area contributed by atoms with Gasteiger partial charge in [-0.1, -0.05) is 36.6 Å². The number of hydrogen-bond donors (Lipinski definition) is 0. The van der Waals surface area contributed by atoms with Gasteiger partial charge in [-0.15, -0.1) is 11.3 Å². The van der Waals surface area contributed by atoms with Gasteiger partial charge in [0.1, 0.15) is 5.01 Å². The molecule has 2 aliphatic rings. The highest BCUT2D eigenvalue weighted by Gasteiger charge is 2.46. The van der Waals surface area contributed by atoms with Crippen LogP contribution in [0.2, 0.25) is 5.02 Å². The Labute approximate surface area is 279 Å². The Kier molecular flexibility index (Phi) is 7.89. The summed E-state index contributed by atoms with van der Waals surface area (Å²) in [6.45, 7) is 12.1. The van der Waals surface area contributed by atoms with E-state index in [4.69, 9.17) is 31.2 Å². The monoisotopic (exact) mass is 656 g/mol. The molecule has 2 aromatic heterocycles. The maximum atomic E-state index is 13.5. The Morgan fingerprint density at radius 2 is 1.76 bits per heavy atom. The number of halogens is 1. The van der Waals surface area contributed by atoms with Crippen molar-refractivity contribution in [2.45, 2.75) is 72.0 Å². The molecule has 1 spiro atoms. The van der Waals surface area contributed by atoms with Crippen LogP contribution < -0.4 is 4.90 Å². The molecular weight excluding hydrogens is 616 g/mol. The van der Waals surface area contributed by atoms with E-state index in [1.54, 1.807) is 11.3 Å². The van der Waals surface area contributed by atoms with Crippen LogP contribution in [-0.2, 0) is 21.3 Å². The average molecular weight is 657 g/mol. The van der Waals surface area contributed by atoms with Crippen molar-refractivity contribution < 1.29 is 14.3 Å². The summed E-state index contributed by atoms with van der Waals surface area (Å²) in [7, 11) is 2.02. The number of nitrogens with zero attached hydrogens (tertiary/aromatic N) is 4. The fourth-order valence-electron chi connectivity index (χ4n) is 7.34. The SMILES string of the molecule is CCOC(=O)[C@@H](OC(C)(C)C)c1c(C)cc2nc(-c3ccc4c(c3)c(N3CC5(CCCC5)C3)nn4C)sc2c1-c1ccc(Cl)cc1. The molecule has 1 saturated heterocycles. The zero-order valence-corrected chi connectivity index (χ0v) is 29.0. The van der Waals surface area contributed by atoms with E-state index in [9.17, 15) is 4.79 Å². The Morgan fingerprint density at radius 3 is 2.43 bits per heavy atom. The van der Waals surface area contributed by atoms with E-state index in [1.807, 2.05) is 70.6 Å². The first kappa shape index (κ1) is 31.2. The average Bonchev–Trinajstić information content (AvgIpc) is 3.72. The number of esters is 1. The van der Waals surface area contributed by atoms with Gasteiger partial charge in [0.2, 0.25) is 0 Å². The van der Waals surface area contributed by atoms with Crippen LogP contribution in [0.4, 0.5) is 5.82 Å². The second-order valence-corrected chi connectivity index (χ2v) is 15.4. The van der Waals surface area contributed by atoms with Crippen molar-refractivity contribution in [3.05, 3.63) is 64.7 Å². The number of benzene rings is 3. The van der Waals surface area contributed by atoms with Crippen molar-refractivity contribution in [3.8, 4) is 21.7 Å². The molecule has 7 rings (SSSR count). The molecule has 240 valence electrons. The lowest BCUT2D eigenvalue weighted by atomic mass is 9.78. The Bertz CT molecular complexity index is 1940. The highest BCUT2D eigenvalue weighted by molar-refractivity contribution is 7.22. The largest absolute Gasteiger partial charge is 0.464 e. The van der Waals surface area contributed by atoms with Crippen molar-refractivity contribution in [3.63, 3.8) is 0 Å². The first-order chi connectivity index (χ1) is 21.9. The maximum absolute atomic E-state index is 13.5. The molecule has 0 amide bonds. The van der Waals surface area contributed by atoms with Crippen molar-refractivity contribution in [2.24, 2.45) is 12.5 Å². The predicted molar refractivity (Wildman–Crippen MR) is 188 cm³/mol. The molecule has 1 saturated carbocycles. The lowest BCUT2D eigenvalue weighted by molar-refractivity contribution is -0.166. The minimum absolute atomic E-state index is 0.266. The van der Waals surface area contributed by atoms with E-state index < -0.39 is 17.7 Å². The number of aryl methyl sites for hydroxylation is 2. The molecule has 0 N–H and O–H groups in total.